The molecule has 4 fully saturated rings. The van der Waals surface area contributed by atoms with Gasteiger partial charge >= 0.3 is 0 Å². The van der Waals surface area contributed by atoms with E-state index in [2.05, 4.69) is 30.9 Å². The maximum absolute atomic E-state index is 13.1. The fourth-order valence-corrected chi connectivity index (χ4v) is 7.51. The van der Waals surface area contributed by atoms with E-state index in [1.807, 2.05) is 0 Å². The molecule has 0 bridgehead atoms. The molecular formula is C26H41F2NO2. The molecule has 3 nitrogen and oxygen atoms in total. The monoisotopic (exact) mass is 437 g/mol. The van der Waals surface area contributed by atoms with E-state index in [9.17, 15) is 19.0 Å². The quantitative estimate of drug-likeness (QED) is 0.623. The molecule has 0 radical (unpaired) electrons. The minimum Gasteiger partial charge on any atom is -0.393 e. The molecule has 7 atom stereocenters. The topological polar surface area (TPSA) is 43.7 Å². The number of allylic oxidation sites excluding steroid dienone is 3. The zero-order chi connectivity index (χ0) is 22.2. The van der Waals surface area contributed by atoms with Crippen LogP contribution < -0.4 is 0 Å². The second-order valence-corrected chi connectivity index (χ2v) is 11.2. The summed E-state index contributed by atoms with van der Waals surface area (Å²) in [7, 11) is 0. The number of halogens is 2. The Kier molecular flexibility index (Phi) is 7.24. The zero-order valence-corrected chi connectivity index (χ0v) is 19.3. The molecule has 1 saturated heterocycles. The van der Waals surface area contributed by atoms with Gasteiger partial charge in [0.2, 0.25) is 6.43 Å². The molecule has 3 aliphatic carbocycles. The lowest BCUT2D eigenvalue weighted by molar-refractivity contribution is 0.0609. The molecule has 1 heterocycles. The lowest BCUT2D eigenvalue weighted by atomic mass is 9.61. The molecule has 31 heavy (non-hydrogen) atoms. The zero-order valence-electron chi connectivity index (χ0n) is 19.3. The number of hydrogen-bond acceptors (Lipinski definition) is 3. The van der Waals surface area contributed by atoms with Gasteiger partial charge in [0, 0.05) is 19.0 Å². The summed E-state index contributed by atoms with van der Waals surface area (Å²) in [6.45, 7) is 7.16. The van der Waals surface area contributed by atoms with E-state index in [0.29, 0.717) is 55.4 Å². The molecule has 1 aliphatic heterocycles. The highest BCUT2D eigenvalue weighted by Crippen LogP contribution is 2.59. The van der Waals surface area contributed by atoms with Crippen molar-refractivity contribution in [1.82, 2.24) is 4.90 Å². The summed E-state index contributed by atoms with van der Waals surface area (Å²) >= 11 is 0. The molecule has 0 amide bonds. The second kappa shape index (κ2) is 9.61. The first kappa shape index (κ1) is 23.4. The first-order valence-electron chi connectivity index (χ1n) is 12.5. The number of rotatable bonds is 5. The first-order valence-corrected chi connectivity index (χ1v) is 12.5. The average Bonchev–Trinajstić information content (AvgIpc) is 3.29. The standard InChI is InChI=1S/C26H41F2NO2/c1-17(15-29-11-9-20(16-29)25(27)28)23-7-8-24-19(4-3-10-26(23,24)2)6-5-18-12-21(30)14-22(31)13-18/h5-6,17,20-25,30-31H,3-4,7-16H2,1-2H3/b19-6+/t17-,20-,21+,22+,23+,24-,26+/m0/s1. The Morgan fingerprint density at radius 1 is 1.13 bits per heavy atom. The summed E-state index contributed by atoms with van der Waals surface area (Å²) in [4.78, 5) is 2.28. The highest BCUT2D eigenvalue weighted by molar-refractivity contribution is 5.26. The van der Waals surface area contributed by atoms with Crippen molar-refractivity contribution >= 4 is 0 Å². The molecule has 4 aliphatic rings. The predicted octanol–water partition coefficient (Wildman–Crippen LogP) is 5.18. The third-order valence-electron chi connectivity index (χ3n) is 9.01. The van der Waals surface area contributed by atoms with E-state index in [-0.39, 0.29) is 0 Å². The number of likely N-dealkylation sites (tertiary alicyclic amines) is 1. The van der Waals surface area contributed by atoms with Crippen molar-refractivity contribution in [3.05, 3.63) is 23.3 Å². The summed E-state index contributed by atoms with van der Waals surface area (Å²) in [5, 5.41) is 19.9. The van der Waals surface area contributed by atoms with Crippen LogP contribution in [0.3, 0.4) is 0 Å². The maximum atomic E-state index is 13.1. The van der Waals surface area contributed by atoms with Crippen LogP contribution in [0.2, 0.25) is 0 Å². The van der Waals surface area contributed by atoms with Crippen molar-refractivity contribution in [2.75, 3.05) is 19.6 Å². The summed E-state index contributed by atoms with van der Waals surface area (Å²) in [6, 6.07) is 0. The number of alkyl halides is 2. The summed E-state index contributed by atoms with van der Waals surface area (Å²) < 4.78 is 26.1. The molecule has 5 heteroatoms. The number of hydrogen-bond donors (Lipinski definition) is 2. The molecule has 3 saturated carbocycles. The Morgan fingerprint density at radius 3 is 2.55 bits per heavy atom. The van der Waals surface area contributed by atoms with Gasteiger partial charge in [0.1, 0.15) is 0 Å². The second-order valence-electron chi connectivity index (χ2n) is 11.2. The van der Waals surface area contributed by atoms with Gasteiger partial charge in [-0.2, -0.15) is 0 Å². The van der Waals surface area contributed by atoms with Crippen molar-refractivity contribution in [1.29, 1.82) is 0 Å². The van der Waals surface area contributed by atoms with E-state index in [0.717, 1.165) is 25.1 Å². The van der Waals surface area contributed by atoms with Crippen LogP contribution in [0.25, 0.3) is 0 Å². The van der Waals surface area contributed by atoms with Crippen LogP contribution in [0.5, 0.6) is 0 Å². The fraction of sp³-hybridized carbons (Fsp3) is 0.846. The maximum Gasteiger partial charge on any atom is 0.242 e. The van der Waals surface area contributed by atoms with E-state index < -0.39 is 24.6 Å². The number of nitrogens with zero attached hydrogens (tertiary/aromatic N) is 1. The SMILES string of the molecule is C[C@@H](CN1CC[C@H](C(F)F)C1)[C@H]1CC[C@H]2/C(=C/C=C3C[C@@H](O)C[C@H](O)C3)CCC[C@]12C. The van der Waals surface area contributed by atoms with Crippen molar-refractivity contribution in [2.24, 2.45) is 29.1 Å². The average molecular weight is 438 g/mol. The Hall–Kier alpha value is -0.780. The van der Waals surface area contributed by atoms with Crippen molar-refractivity contribution < 1.29 is 19.0 Å². The molecule has 0 spiro atoms. The van der Waals surface area contributed by atoms with Crippen LogP contribution in [-0.2, 0) is 0 Å². The fourth-order valence-electron chi connectivity index (χ4n) is 7.51. The lowest BCUT2D eigenvalue weighted by Gasteiger charge is -2.45. The summed E-state index contributed by atoms with van der Waals surface area (Å²) in [5.74, 6) is 1.36. The minimum absolute atomic E-state index is 0.301. The smallest absolute Gasteiger partial charge is 0.242 e. The van der Waals surface area contributed by atoms with Gasteiger partial charge < -0.3 is 15.1 Å². The number of aliphatic hydroxyl groups is 2. The highest BCUT2D eigenvalue weighted by Gasteiger charge is 2.51. The molecule has 0 unspecified atom stereocenters. The van der Waals surface area contributed by atoms with Crippen LogP contribution in [0, 0.1) is 29.1 Å². The van der Waals surface area contributed by atoms with Crippen LogP contribution in [0.15, 0.2) is 23.3 Å². The van der Waals surface area contributed by atoms with Gasteiger partial charge in [0.05, 0.1) is 12.2 Å². The van der Waals surface area contributed by atoms with E-state index in [4.69, 9.17) is 0 Å². The molecule has 0 aromatic carbocycles. The summed E-state index contributed by atoms with van der Waals surface area (Å²) in [6.07, 6.45) is 10.0. The van der Waals surface area contributed by atoms with Gasteiger partial charge in [-0.25, -0.2) is 8.78 Å². The van der Waals surface area contributed by atoms with Crippen LogP contribution >= 0.6 is 0 Å². The van der Waals surface area contributed by atoms with Gasteiger partial charge in [0.15, 0.2) is 0 Å². The Balaban J connectivity index is 1.41. The Labute approximate surface area is 186 Å². The van der Waals surface area contributed by atoms with E-state index in [1.54, 1.807) is 5.57 Å². The van der Waals surface area contributed by atoms with Crippen LogP contribution in [0.4, 0.5) is 8.78 Å². The molecule has 0 aromatic rings. The van der Waals surface area contributed by atoms with Gasteiger partial charge in [-0.3, -0.25) is 0 Å². The minimum atomic E-state index is -2.18. The predicted molar refractivity (Wildman–Crippen MR) is 120 cm³/mol. The largest absolute Gasteiger partial charge is 0.393 e. The lowest BCUT2D eigenvalue weighted by Crippen LogP contribution is -2.39. The van der Waals surface area contributed by atoms with E-state index >= 15 is 0 Å². The third kappa shape index (κ3) is 5.09. The molecule has 176 valence electrons. The van der Waals surface area contributed by atoms with Crippen molar-refractivity contribution in [3.8, 4) is 0 Å². The van der Waals surface area contributed by atoms with Gasteiger partial charge in [0.25, 0.3) is 0 Å². The van der Waals surface area contributed by atoms with Crippen molar-refractivity contribution in [3.63, 3.8) is 0 Å². The normalized spacial score (nSPS) is 41.7. The Morgan fingerprint density at radius 2 is 1.87 bits per heavy atom. The van der Waals surface area contributed by atoms with Crippen molar-refractivity contribution in [2.45, 2.75) is 90.3 Å². The number of fused-ring (bicyclic) bond motifs is 1. The first-order chi connectivity index (χ1) is 14.8. The van der Waals surface area contributed by atoms with Crippen LogP contribution in [-0.4, -0.2) is 53.4 Å². The van der Waals surface area contributed by atoms with Gasteiger partial charge in [-0.05, 0) is 87.5 Å². The molecular weight excluding hydrogens is 396 g/mol. The molecule has 2 N–H and O–H groups in total. The molecule has 0 aromatic heterocycles. The summed E-state index contributed by atoms with van der Waals surface area (Å²) in [5.41, 5.74) is 3.01. The Bertz CT molecular complexity index is 681. The van der Waals surface area contributed by atoms with Gasteiger partial charge in [-0.1, -0.05) is 37.1 Å². The third-order valence-corrected chi connectivity index (χ3v) is 9.01. The number of aliphatic hydroxyl groups excluding tert-OH is 2. The van der Waals surface area contributed by atoms with Crippen LogP contribution in [0.1, 0.15) is 71.6 Å². The molecule has 4 rings (SSSR count). The van der Waals surface area contributed by atoms with E-state index in [1.165, 1.54) is 25.7 Å². The van der Waals surface area contributed by atoms with Gasteiger partial charge in [-0.15, -0.1) is 0 Å². The highest BCUT2D eigenvalue weighted by atomic mass is 19.3.